The maximum atomic E-state index is 12.2. The van der Waals surface area contributed by atoms with Crippen LogP contribution in [0.25, 0.3) is 0 Å². The molecule has 3 fully saturated rings. The number of aliphatic hydroxyl groups is 1. The van der Waals surface area contributed by atoms with E-state index in [0.717, 1.165) is 11.8 Å². The average molecular weight is 251 g/mol. The van der Waals surface area contributed by atoms with Crippen LogP contribution in [-0.2, 0) is 4.79 Å². The van der Waals surface area contributed by atoms with Crippen molar-refractivity contribution in [3.05, 3.63) is 0 Å². The number of hydrogen-bond donors (Lipinski definition) is 2. The Kier molecular flexibility index (Phi) is 2.92. The van der Waals surface area contributed by atoms with Gasteiger partial charge in [0.15, 0.2) is 0 Å². The molecule has 0 spiro atoms. The molecular weight excluding hydrogens is 226 g/mol. The van der Waals surface area contributed by atoms with Crippen molar-refractivity contribution < 1.29 is 9.90 Å². The smallest absolute Gasteiger partial charge is 0.223 e. The first kappa shape index (κ1) is 12.5. The third-order valence-electron chi connectivity index (χ3n) is 5.95. The lowest BCUT2D eigenvalue weighted by molar-refractivity contribution is -0.124. The van der Waals surface area contributed by atoms with Crippen LogP contribution in [0.1, 0.15) is 46.0 Å². The van der Waals surface area contributed by atoms with Crippen molar-refractivity contribution >= 4 is 5.91 Å². The van der Waals surface area contributed by atoms with Gasteiger partial charge in [0.2, 0.25) is 5.91 Å². The SMILES string of the molecule is CCC(O)(CC)CNC(=O)C1C2C3CCC(C3)C12. The largest absolute Gasteiger partial charge is 0.388 e. The Morgan fingerprint density at radius 3 is 2.28 bits per heavy atom. The van der Waals surface area contributed by atoms with Crippen molar-refractivity contribution in [2.75, 3.05) is 6.54 Å². The molecule has 0 aromatic heterocycles. The van der Waals surface area contributed by atoms with Crippen LogP contribution in [0.5, 0.6) is 0 Å². The zero-order valence-corrected chi connectivity index (χ0v) is 11.5. The maximum absolute atomic E-state index is 12.2. The average Bonchev–Trinajstić information content (AvgIpc) is 2.84. The molecule has 3 rings (SSSR count). The molecule has 3 saturated carbocycles. The van der Waals surface area contributed by atoms with Crippen molar-refractivity contribution in [1.29, 1.82) is 0 Å². The zero-order valence-electron chi connectivity index (χ0n) is 11.5. The van der Waals surface area contributed by atoms with Crippen LogP contribution in [0, 0.1) is 29.6 Å². The van der Waals surface area contributed by atoms with E-state index in [0.29, 0.717) is 31.2 Å². The van der Waals surface area contributed by atoms with Crippen molar-refractivity contribution in [2.45, 2.75) is 51.6 Å². The minimum Gasteiger partial charge on any atom is -0.388 e. The van der Waals surface area contributed by atoms with Gasteiger partial charge in [0.1, 0.15) is 0 Å². The van der Waals surface area contributed by atoms with Gasteiger partial charge in [0.25, 0.3) is 0 Å². The van der Waals surface area contributed by atoms with Gasteiger partial charge in [-0.3, -0.25) is 4.79 Å². The number of rotatable bonds is 5. The van der Waals surface area contributed by atoms with Gasteiger partial charge in [0, 0.05) is 12.5 Å². The Hall–Kier alpha value is -0.570. The highest BCUT2D eigenvalue weighted by atomic mass is 16.3. The second kappa shape index (κ2) is 4.22. The van der Waals surface area contributed by atoms with Crippen LogP contribution in [0.4, 0.5) is 0 Å². The van der Waals surface area contributed by atoms with E-state index in [1.54, 1.807) is 0 Å². The number of fused-ring (bicyclic) bond motifs is 5. The van der Waals surface area contributed by atoms with E-state index >= 15 is 0 Å². The van der Waals surface area contributed by atoms with Crippen LogP contribution in [0.3, 0.4) is 0 Å². The second-order valence-electron chi connectivity index (χ2n) is 6.66. The molecule has 3 nitrogen and oxygen atoms in total. The number of nitrogens with one attached hydrogen (secondary N) is 1. The van der Waals surface area contributed by atoms with Crippen LogP contribution in [0.15, 0.2) is 0 Å². The molecule has 3 aliphatic carbocycles. The normalized spacial score (nSPS) is 40.7. The molecule has 4 unspecified atom stereocenters. The highest BCUT2D eigenvalue weighted by Crippen LogP contribution is 2.69. The molecule has 1 amide bonds. The van der Waals surface area contributed by atoms with E-state index in [2.05, 4.69) is 5.32 Å². The highest BCUT2D eigenvalue weighted by Gasteiger charge is 2.67. The lowest BCUT2D eigenvalue weighted by atomic mass is 9.97. The number of amides is 1. The van der Waals surface area contributed by atoms with E-state index in [4.69, 9.17) is 0 Å². The summed E-state index contributed by atoms with van der Waals surface area (Å²) in [6, 6.07) is 0. The summed E-state index contributed by atoms with van der Waals surface area (Å²) >= 11 is 0. The molecule has 102 valence electrons. The van der Waals surface area contributed by atoms with E-state index < -0.39 is 5.60 Å². The van der Waals surface area contributed by atoms with Crippen LogP contribution in [-0.4, -0.2) is 23.2 Å². The summed E-state index contributed by atoms with van der Waals surface area (Å²) in [5.41, 5.74) is -0.710. The van der Waals surface area contributed by atoms with Crippen molar-refractivity contribution in [2.24, 2.45) is 29.6 Å². The van der Waals surface area contributed by atoms with Crippen molar-refractivity contribution in [1.82, 2.24) is 5.32 Å². The Morgan fingerprint density at radius 2 is 1.78 bits per heavy atom. The Morgan fingerprint density at radius 1 is 1.22 bits per heavy atom. The molecule has 2 N–H and O–H groups in total. The predicted octanol–water partition coefficient (Wildman–Crippen LogP) is 1.95. The Balaban J connectivity index is 1.52. The fraction of sp³-hybridized carbons (Fsp3) is 0.933. The minimum atomic E-state index is -0.710. The number of carbonyl (C=O) groups is 1. The highest BCUT2D eigenvalue weighted by molar-refractivity contribution is 5.82. The van der Waals surface area contributed by atoms with Gasteiger partial charge in [-0.15, -0.1) is 0 Å². The quantitative estimate of drug-likeness (QED) is 0.784. The lowest BCUT2D eigenvalue weighted by Crippen LogP contribution is -2.43. The summed E-state index contributed by atoms with van der Waals surface area (Å²) in [5, 5.41) is 13.2. The number of hydrogen-bond acceptors (Lipinski definition) is 2. The van der Waals surface area contributed by atoms with Gasteiger partial charge in [-0.1, -0.05) is 13.8 Å². The lowest BCUT2D eigenvalue weighted by Gasteiger charge is -2.25. The fourth-order valence-corrected chi connectivity index (χ4v) is 4.55. The van der Waals surface area contributed by atoms with Crippen LogP contribution >= 0.6 is 0 Å². The zero-order chi connectivity index (χ0) is 12.9. The molecule has 0 radical (unpaired) electrons. The summed E-state index contributed by atoms with van der Waals surface area (Å²) in [5.74, 6) is 3.57. The summed E-state index contributed by atoms with van der Waals surface area (Å²) in [6.07, 6.45) is 5.49. The molecule has 0 aliphatic heterocycles. The van der Waals surface area contributed by atoms with Gasteiger partial charge < -0.3 is 10.4 Å². The van der Waals surface area contributed by atoms with Gasteiger partial charge in [-0.2, -0.15) is 0 Å². The molecule has 0 aromatic carbocycles. The van der Waals surface area contributed by atoms with Gasteiger partial charge >= 0.3 is 0 Å². The van der Waals surface area contributed by atoms with Crippen molar-refractivity contribution in [3.8, 4) is 0 Å². The molecule has 0 aromatic rings. The van der Waals surface area contributed by atoms with Crippen molar-refractivity contribution in [3.63, 3.8) is 0 Å². The van der Waals surface area contributed by atoms with Gasteiger partial charge in [-0.05, 0) is 55.8 Å². The third-order valence-corrected chi connectivity index (χ3v) is 5.95. The van der Waals surface area contributed by atoms with Crippen LogP contribution < -0.4 is 5.32 Å². The first-order valence-electron chi connectivity index (χ1n) is 7.59. The molecule has 4 atom stereocenters. The Bertz CT molecular complexity index is 334. The first-order chi connectivity index (χ1) is 8.59. The summed E-state index contributed by atoms with van der Waals surface area (Å²) < 4.78 is 0. The topological polar surface area (TPSA) is 49.3 Å². The van der Waals surface area contributed by atoms with Gasteiger partial charge in [-0.25, -0.2) is 0 Å². The third kappa shape index (κ3) is 1.78. The van der Waals surface area contributed by atoms with E-state index in [9.17, 15) is 9.90 Å². The molecule has 3 heteroatoms. The molecule has 0 saturated heterocycles. The maximum Gasteiger partial charge on any atom is 0.223 e. The minimum absolute atomic E-state index is 0.210. The van der Waals surface area contributed by atoms with E-state index in [-0.39, 0.29) is 11.8 Å². The summed E-state index contributed by atoms with van der Waals surface area (Å²) in [7, 11) is 0. The summed E-state index contributed by atoms with van der Waals surface area (Å²) in [6.45, 7) is 4.37. The number of carbonyl (C=O) groups excluding carboxylic acids is 1. The Labute approximate surface area is 109 Å². The molecule has 2 bridgehead atoms. The monoisotopic (exact) mass is 251 g/mol. The fourth-order valence-electron chi connectivity index (χ4n) is 4.55. The summed E-state index contributed by atoms with van der Waals surface area (Å²) in [4.78, 5) is 12.2. The first-order valence-corrected chi connectivity index (χ1v) is 7.59. The second-order valence-corrected chi connectivity index (χ2v) is 6.66. The predicted molar refractivity (Wildman–Crippen MR) is 69.8 cm³/mol. The molecule has 3 aliphatic rings. The molecule has 18 heavy (non-hydrogen) atoms. The molecular formula is C15H25NO2. The van der Waals surface area contributed by atoms with E-state index in [1.807, 2.05) is 13.8 Å². The van der Waals surface area contributed by atoms with Gasteiger partial charge in [0.05, 0.1) is 5.60 Å². The van der Waals surface area contributed by atoms with E-state index in [1.165, 1.54) is 19.3 Å². The van der Waals surface area contributed by atoms with Crippen LogP contribution in [0.2, 0.25) is 0 Å². The molecule has 0 heterocycles. The standard InChI is InChI=1S/C15H25NO2/c1-3-15(18,4-2)8-16-14(17)13-11-9-5-6-10(7-9)12(11)13/h9-13,18H,3-8H2,1-2H3,(H,16,17).